The van der Waals surface area contributed by atoms with Gasteiger partial charge in [0.1, 0.15) is 0 Å². The predicted octanol–water partition coefficient (Wildman–Crippen LogP) is 0.918. The molecule has 8 nitrogen and oxygen atoms in total. The van der Waals surface area contributed by atoms with E-state index < -0.39 is 21.7 Å². The minimum absolute atomic E-state index is 0.0589. The number of sulfonamides is 1. The number of carbonyl (C=O) groups is 1. The molecular weight excluding hydrogens is 308 g/mol. The van der Waals surface area contributed by atoms with Gasteiger partial charge in [0.05, 0.1) is 17.5 Å². The molecule has 2 aliphatic heterocycles. The maximum atomic E-state index is 12.5. The Kier molecular flexibility index (Phi) is 3.47. The van der Waals surface area contributed by atoms with Crippen LogP contribution in [-0.2, 0) is 10.0 Å². The van der Waals surface area contributed by atoms with Crippen LogP contribution in [0.4, 0.5) is 10.6 Å². The first-order chi connectivity index (χ1) is 10.4. The van der Waals surface area contributed by atoms with Gasteiger partial charge in [-0.05, 0) is 26.2 Å². The highest BCUT2D eigenvalue weighted by Gasteiger charge is 2.53. The minimum atomic E-state index is -3.44. The Hall–Kier alpha value is -1.90. The van der Waals surface area contributed by atoms with Crippen LogP contribution >= 0.6 is 0 Å². The Morgan fingerprint density at radius 2 is 2.18 bits per heavy atom. The first-order valence-corrected chi connectivity index (χ1v) is 8.75. The fourth-order valence-electron chi connectivity index (χ4n) is 3.60. The maximum Gasteiger partial charge on any atom is 0.407 e. The maximum absolute atomic E-state index is 12.5. The average molecular weight is 326 g/mol. The summed E-state index contributed by atoms with van der Waals surface area (Å²) in [6.07, 6.45) is 4.87. The smallest absolute Gasteiger partial charge is 0.407 e. The van der Waals surface area contributed by atoms with Gasteiger partial charge < -0.3 is 10.0 Å². The minimum Gasteiger partial charge on any atom is -0.465 e. The van der Waals surface area contributed by atoms with Gasteiger partial charge in [0.25, 0.3) is 0 Å². The third-order valence-corrected chi connectivity index (χ3v) is 6.41. The molecule has 3 heterocycles. The van der Waals surface area contributed by atoms with E-state index in [0.29, 0.717) is 31.6 Å². The number of likely N-dealkylation sites (tertiary alicyclic amines) is 1. The highest BCUT2D eigenvalue weighted by atomic mass is 32.2. The second-order valence-electron chi connectivity index (χ2n) is 5.90. The fourth-order valence-corrected chi connectivity index (χ4v) is 5.64. The quantitative estimate of drug-likeness (QED) is 0.823. The van der Waals surface area contributed by atoms with Crippen molar-refractivity contribution in [1.82, 2.24) is 14.9 Å². The zero-order valence-corrected chi connectivity index (χ0v) is 13.0. The molecule has 2 atom stereocenters. The molecule has 2 aliphatic rings. The van der Waals surface area contributed by atoms with Gasteiger partial charge in [0.2, 0.25) is 10.0 Å². The van der Waals surface area contributed by atoms with E-state index in [4.69, 9.17) is 0 Å². The van der Waals surface area contributed by atoms with Crippen molar-refractivity contribution in [3.8, 4) is 0 Å². The number of amides is 1. The number of rotatable bonds is 1. The molecule has 1 spiro atoms. The van der Waals surface area contributed by atoms with E-state index in [2.05, 4.69) is 9.97 Å². The van der Waals surface area contributed by atoms with Gasteiger partial charge in [-0.25, -0.2) is 22.5 Å². The van der Waals surface area contributed by atoms with Crippen molar-refractivity contribution in [3.63, 3.8) is 0 Å². The molecule has 9 heteroatoms. The standard InChI is InChI=1S/C13H18N4O4S/c1-10-8-13(2-6-16(10)12(18)19)3-7-22(20,21)17(13)11-9-14-4-5-15-11/h4-5,9-10H,2-3,6-8H2,1H3,(H,18,19)/t10-,13-/m0/s1. The first-order valence-electron chi connectivity index (χ1n) is 7.14. The SMILES string of the molecule is C[C@H]1C[C@]2(CCN1C(=O)O)CCS(=O)(=O)N2c1cnccn1. The van der Waals surface area contributed by atoms with Gasteiger partial charge in [-0.15, -0.1) is 0 Å². The van der Waals surface area contributed by atoms with Crippen LogP contribution in [0.25, 0.3) is 0 Å². The van der Waals surface area contributed by atoms with Crippen molar-refractivity contribution in [2.24, 2.45) is 0 Å². The van der Waals surface area contributed by atoms with Crippen LogP contribution in [0, 0.1) is 0 Å². The van der Waals surface area contributed by atoms with E-state index in [1.54, 1.807) is 0 Å². The largest absolute Gasteiger partial charge is 0.465 e. The highest BCUT2D eigenvalue weighted by molar-refractivity contribution is 7.93. The number of hydrogen-bond acceptors (Lipinski definition) is 5. The molecule has 1 aromatic rings. The molecule has 1 amide bonds. The molecule has 2 fully saturated rings. The van der Waals surface area contributed by atoms with E-state index >= 15 is 0 Å². The van der Waals surface area contributed by atoms with E-state index in [1.807, 2.05) is 6.92 Å². The summed E-state index contributed by atoms with van der Waals surface area (Å²) in [4.78, 5) is 20.7. The molecule has 0 radical (unpaired) electrons. The third-order valence-electron chi connectivity index (χ3n) is 4.56. The lowest BCUT2D eigenvalue weighted by molar-refractivity contribution is 0.0893. The topological polar surface area (TPSA) is 104 Å². The molecule has 1 N–H and O–H groups in total. The van der Waals surface area contributed by atoms with Crippen LogP contribution in [-0.4, -0.2) is 58.4 Å². The Labute approximate surface area is 128 Å². The second kappa shape index (κ2) is 5.08. The lowest BCUT2D eigenvalue weighted by atomic mass is 9.81. The zero-order chi connectivity index (χ0) is 16.0. The highest BCUT2D eigenvalue weighted by Crippen LogP contribution is 2.44. The van der Waals surface area contributed by atoms with Crippen molar-refractivity contribution in [2.45, 2.75) is 37.8 Å². The summed E-state index contributed by atoms with van der Waals surface area (Å²) in [6, 6.07) is -0.237. The summed E-state index contributed by atoms with van der Waals surface area (Å²) >= 11 is 0. The van der Waals surface area contributed by atoms with Crippen molar-refractivity contribution in [1.29, 1.82) is 0 Å². The lowest BCUT2D eigenvalue weighted by Crippen LogP contribution is -2.57. The number of carboxylic acid groups (broad SMARTS) is 1. The molecule has 0 unspecified atom stereocenters. The monoisotopic (exact) mass is 326 g/mol. The molecule has 0 bridgehead atoms. The van der Waals surface area contributed by atoms with E-state index in [9.17, 15) is 18.3 Å². The average Bonchev–Trinajstić information content (AvgIpc) is 2.70. The summed E-state index contributed by atoms with van der Waals surface area (Å²) in [7, 11) is -3.44. The molecule has 120 valence electrons. The second-order valence-corrected chi connectivity index (χ2v) is 7.83. The van der Waals surface area contributed by atoms with Crippen LogP contribution in [0.15, 0.2) is 18.6 Å². The molecule has 0 saturated carbocycles. The molecule has 2 saturated heterocycles. The number of hydrogen-bond donors (Lipinski definition) is 1. The molecular formula is C13H18N4O4S. The van der Waals surface area contributed by atoms with E-state index in [0.717, 1.165) is 0 Å². The van der Waals surface area contributed by atoms with Crippen LogP contribution in [0.1, 0.15) is 26.2 Å². The van der Waals surface area contributed by atoms with E-state index in [1.165, 1.54) is 27.8 Å². The summed E-state index contributed by atoms with van der Waals surface area (Å²) in [5, 5.41) is 9.20. The summed E-state index contributed by atoms with van der Waals surface area (Å²) in [6.45, 7) is 2.14. The number of anilines is 1. The van der Waals surface area contributed by atoms with Crippen LogP contribution in [0.2, 0.25) is 0 Å². The van der Waals surface area contributed by atoms with E-state index in [-0.39, 0.29) is 11.8 Å². The van der Waals surface area contributed by atoms with Crippen LogP contribution in [0.3, 0.4) is 0 Å². The Morgan fingerprint density at radius 1 is 1.41 bits per heavy atom. The Bertz CT molecular complexity index is 681. The van der Waals surface area contributed by atoms with Gasteiger partial charge in [0, 0.05) is 25.0 Å². The number of nitrogens with zero attached hydrogens (tertiary/aromatic N) is 4. The molecule has 1 aromatic heterocycles. The Balaban J connectivity index is 1.98. The molecule has 0 aromatic carbocycles. The van der Waals surface area contributed by atoms with Gasteiger partial charge in [-0.3, -0.25) is 4.98 Å². The third kappa shape index (κ3) is 2.29. The number of piperidine rings is 1. The summed E-state index contributed by atoms with van der Waals surface area (Å²) < 4.78 is 26.3. The van der Waals surface area contributed by atoms with Gasteiger partial charge >= 0.3 is 6.09 Å². The molecule has 0 aliphatic carbocycles. The zero-order valence-electron chi connectivity index (χ0n) is 12.2. The van der Waals surface area contributed by atoms with Crippen molar-refractivity contribution < 1.29 is 18.3 Å². The Morgan fingerprint density at radius 3 is 2.77 bits per heavy atom. The van der Waals surface area contributed by atoms with Crippen molar-refractivity contribution >= 4 is 21.9 Å². The lowest BCUT2D eigenvalue weighted by Gasteiger charge is -2.46. The van der Waals surface area contributed by atoms with Crippen LogP contribution in [0.5, 0.6) is 0 Å². The molecule has 22 heavy (non-hydrogen) atoms. The van der Waals surface area contributed by atoms with Gasteiger partial charge in [0.15, 0.2) is 5.82 Å². The van der Waals surface area contributed by atoms with Crippen LogP contribution < -0.4 is 4.31 Å². The molecule has 3 rings (SSSR count). The van der Waals surface area contributed by atoms with Crippen molar-refractivity contribution in [3.05, 3.63) is 18.6 Å². The van der Waals surface area contributed by atoms with Crippen molar-refractivity contribution in [2.75, 3.05) is 16.6 Å². The van der Waals surface area contributed by atoms with Gasteiger partial charge in [-0.2, -0.15) is 0 Å². The summed E-state index contributed by atoms with van der Waals surface area (Å²) in [5.74, 6) is 0.375. The normalized spacial score (nSPS) is 30.7. The van der Waals surface area contributed by atoms with Gasteiger partial charge in [-0.1, -0.05) is 0 Å². The predicted molar refractivity (Wildman–Crippen MR) is 79.1 cm³/mol. The summed E-state index contributed by atoms with van der Waals surface area (Å²) in [5.41, 5.74) is -0.597. The first kappa shape index (κ1) is 15.0. The number of aromatic nitrogens is 2. The fraction of sp³-hybridized carbons (Fsp3) is 0.615.